The first-order chi connectivity index (χ1) is 8.83. The van der Waals surface area contributed by atoms with Crippen LogP contribution in [0.3, 0.4) is 0 Å². The van der Waals surface area contributed by atoms with E-state index in [4.69, 9.17) is 0 Å². The molecule has 21 heteroatoms. The van der Waals surface area contributed by atoms with Gasteiger partial charge in [-0.05, 0) is 0 Å². The molecule has 128 valence electrons. The maximum Gasteiger partial charge on any atom is 0.493 e. The number of hydrogen-bond donors (Lipinski definition) is 0. The van der Waals surface area contributed by atoms with Crippen LogP contribution in [0.25, 0.3) is 0 Å². The first kappa shape index (κ1) is 20.3. The lowest BCUT2D eigenvalue weighted by Crippen LogP contribution is -2.29. The van der Waals surface area contributed by atoms with Gasteiger partial charge >= 0.3 is 48.7 Å². The van der Waals surface area contributed by atoms with Crippen LogP contribution in [0.2, 0.25) is 0 Å². The molecular weight excluding hydrogens is 411 g/mol. The largest absolute Gasteiger partial charge is 0.493 e. The number of halogens is 8. The van der Waals surface area contributed by atoms with Gasteiger partial charge in [0.1, 0.15) is 0 Å². The third-order valence-corrected chi connectivity index (χ3v) is 3.17. The molecule has 0 unspecified atom stereocenters. The quantitative estimate of drug-likeness (QED) is 0.401. The van der Waals surface area contributed by atoms with Crippen molar-refractivity contribution in [3.05, 3.63) is 0 Å². The first-order valence-corrected chi connectivity index (χ1v) is 8.93. The first-order valence-electron chi connectivity index (χ1n) is 3.66. The molecular formula is BF8N4O4S4-. The van der Waals surface area contributed by atoms with E-state index in [1.807, 2.05) is 0 Å². The minimum absolute atomic E-state index is 1.18. The third kappa shape index (κ3) is 10.6. The van der Waals surface area contributed by atoms with E-state index in [-0.39, 0.29) is 0 Å². The fourth-order valence-electron chi connectivity index (χ4n) is 0.774. The highest BCUT2D eigenvalue weighted by atomic mass is 32.3. The molecule has 0 saturated heterocycles. The summed E-state index contributed by atoms with van der Waals surface area (Å²) in [6.45, 7) is -5.96. The molecule has 0 atom stereocenters. The third-order valence-electron chi connectivity index (χ3n) is 1.06. The summed E-state index contributed by atoms with van der Waals surface area (Å²) >= 11 is 0. The van der Waals surface area contributed by atoms with Gasteiger partial charge < -0.3 is 17.1 Å². The van der Waals surface area contributed by atoms with Gasteiger partial charge in [0.25, 0.3) is 0 Å². The van der Waals surface area contributed by atoms with Gasteiger partial charge in [-0.3, -0.25) is 0 Å². The molecule has 0 saturated carbocycles. The Balaban J connectivity index is 7.21. The van der Waals surface area contributed by atoms with E-state index in [0.29, 0.717) is 0 Å². The van der Waals surface area contributed by atoms with Crippen LogP contribution >= 0.6 is 0 Å². The average molecular weight is 411 g/mol. The van der Waals surface area contributed by atoms with Crippen molar-refractivity contribution in [1.82, 2.24) is 0 Å². The number of hydrogen-bond acceptors (Lipinski definition) is 8. The van der Waals surface area contributed by atoms with Crippen LogP contribution in [0.4, 0.5) is 31.1 Å². The topological polar surface area (TPSA) is 118 Å². The molecule has 8 nitrogen and oxygen atoms in total. The van der Waals surface area contributed by atoms with E-state index in [0.717, 1.165) is 0 Å². The zero-order valence-corrected chi connectivity index (χ0v) is 11.9. The smallest absolute Gasteiger partial charge is 0.324 e. The van der Waals surface area contributed by atoms with Crippen LogP contribution in [0.15, 0.2) is 17.1 Å². The standard InChI is InChI=1S/BF8N4O4S4/c2-18(3,14)10-1(11-19(4,5)15,12-20(6,7)16)13-21(8,9)17/q-1. The molecule has 0 heterocycles. The maximum atomic E-state index is 12.1. The maximum absolute atomic E-state index is 12.1. The van der Waals surface area contributed by atoms with Crippen LogP contribution in [0, 0.1) is 0 Å². The van der Waals surface area contributed by atoms with Gasteiger partial charge in [0.2, 0.25) is 0 Å². The van der Waals surface area contributed by atoms with E-state index < -0.39 is 48.7 Å². The van der Waals surface area contributed by atoms with Crippen LogP contribution < -0.4 is 0 Å². The second kappa shape index (κ2) is 5.83. The van der Waals surface area contributed by atoms with Crippen molar-refractivity contribution >= 4 is 48.7 Å². The molecule has 0 N–H and O–H groups in total. The predicted octanol–water partition coefficient (Wildman–Crippen LogP) is 2.37. The molecule has 0 bridgehead atoms. The van der Waals surface area contributed by atoms with Crippen molar-refractivity contribution in [3.63, 3.8) is 0 Å². The van der Waals surface area contributed by atoms with Gasteiger partial charge in [0.05, 0.1) is 0 Å². The SMILES string of the molecule is O=S(F)(F)=N[B-](N=S(=O)(F)F)(N=S(=O)(F)F)N=S(=O)(F)F. The Morgan fingerprint density at radius 2 is 0.619 bits per heavy atom. The zero-order chi connectivity index (χ0) is 17.3. The molecule has 21 heavy (non-hydrogen) atoms. The highest BCUT2D eigenvalue weighted by molar-refractivity contribution is 7.88. The summed E-state index contributed by atoms with van der Waals surface area (Å²) in [4.78, 5) is 0. The van der Waals surface area contributed by atoms with E-state index in [9.17, 15) is 47.9 Å². The van der Waals surface area contributed by atoms with E-state index in [2.05, 4.69) is 0 Å². The lowest BCUT2D eigenvalue weighted by molar-refractivity contribution is 0.589. The van der Waals surface area contributed by atoms with Crippen molar-refractivity contribution in [2.45, 2.75) is 0 Å². The normalized spacial score (nSPS) is 14.5. The summed E-state index contributed by atoms with van der Waals surface area (Å²) in [5.41, 5.74) is 0. The van der Waals surface area contributed by atoms with Gasteiger partial charge in [-0.25, -0.2) is 0 Å². The Morgan fingerprint density at radius 3 is 0.714 bits per heavy atom. The molecule has 0 aliphatic rings. The number of rotatable bonds is 4. The minimum atomic E-state index is -6.75. The lowest BCUT2D eigenvalue weighted by Gasteiger charge is -2.19. The average Bonchev–Trinajstić information content (AvgIpc) is 1.83. The molecule has 0 aliphatic carbocycles. The fourth-order valence-corrected chi connectivity index (χ4v) is 3.01. The molecule has 0 amide bonds. The van der Waals surface area contributed by atoms with Crippen LogP contribution in [0.5, 0.6) is 0 Å². The zero-order valence-electron chi connectivity index (χ0n) is 8.66. The number of nitrogens with zero attached hydrogens (tertiary/aromatic N) is 4. The second-order valence-electron chi connectivity index (χ2n) is 2.70. The van der Waals surface area contributed by atoms with Gasteiger partial charge in [-0.2, -0.15) is 16.8 Å². The van der Waals surface area contributed by atoms with Crippen LogP contribution in [0.1, 0.15) is 0 Å². The molecule has 0 spiro atoms. The van der Waals surface area contributed by atoms with Crippen molar-refractivity contribution in [2.24, 2.45) is 17.1 Å². The summed E-state index contributed by atoms with van der Waals surface area (Å²) in [5, 5.41) is 0. The fraction of sp³-hybridized carbons (Fsp3) is 0. The Bertz CT molecular complexity index is 708. The Kier molecular flexibility index (Phi) is 5.64. The highest BCUT2D eigenvalue weighted by Crippen LogP contribution is 2.25. The molecule has 0 fully saturated rings. The van der Waals surface area contributed by atoms with Gasteiger partial charge in [0, 0.05) is 0 Å². The summed E-state index contributed by atoms with van der Waals surface area (Å²) < 4.78 is 142. The van der Waals surface area contributed by atoms with Crippen LogP contribution in [-0.2, 0) is 42.0 Å². The van der Waals surface area contributed by atoms with E-state index >= 15 is 0 Å². The summed E-state index contributed by atoms with van der Waals surface area (Å²) in [5.74, 6) is 0. The molecule has 0 aromatic carbocycles. The highest BCUT2D eigenvalue weighted by Gasteiger charge is 2.35. The van der Waals surface area contributed by atoms with Crippen molar-refractivity contribution in [2.75, 3.05) is 0 Å². The molecule has 0 rings (SSSR count). The Morgan fingerprint density at radius 1 is 0.476 bits per heavy atom. The minimum Gasteiger partial charge on any atom is -0.324 e. The second-order valence-corrected chi connectivity index (χ2v) is 6.72. The summed E-state index contributed by atoms with van der Waals surface area (Å²) in [6.07, 6.45) is 0. The van der Waals surface area contributed by atoms with Crippen LogP contribution in [-0.4, -0.2) is 23.5 Å². The Hall–Kier alpha value is -0.695. The summed E-state index contributed by atoms with van der Waals surface area (Å²) in [6, 6.07) is 0. The van der Waals surface area contributed by atoms with Crippen molar-refractivity contribution in [1.29, 1.82) is 0 Å². The predicted molar refractivity (Wildman–Crippen MR) is 56.9 cm³/mol. The molecule has 0 aliphatic heterocycles. The monoisotopic (exact) mass is 411 g/mol. The molecule has 0 aromatic heterocycles. The lowest BCUT2D eigenvalue weighted by atomic mass is 9.85. The Labute approximate surface area is 114 Å². The van der Waals surface area contributed by atoms with E-state index in [1.54, 1.807) is 0 Å². The molecule has 0 aromatic rings. The van der Waals surface area contributed by atoms with Gasteiger partial charge in [0.15, 0.2) is 0 Å². The van der Waals surface area contributed by atoms with Gasteiger partial charge in [-0.1, -0.05) is 31.1 Å². The van der Waals surface area contributed by atoms with Crippen molar-refractivity contribution in [3.8, 4) is 0 Å². The summed E-state index contributed by atoms with van der Waals surface area (Å²) in [7, 11) is -27.0. The van der Waals surface area contributed by atoms with Gasteiger partial charge in [-0.15, -0.1) is 0 Å². The van der Waals surface area contributed by atoms with Crippen molar-refractivity contribution < 1.29 is 47.9 Å². The molecule has 0 radical (unpaired) electrons. The van der Waals surface area contributed by atoms with E-state index in [1.165, 1.54) is 17.1 Å².